The summed E-state index contributed by atoms with van der Waals surface area (Å²) in [6, 6.07) is 72.5. The van der Waals surface area contributed by atoms with Crippen LogP contribution in [0.5, 0.6) is 0 Å². The average Bonchev–Trinajstić information content (AvgIpc) is 3.89. The zero-order chi connectivity index (χ0) is 37.7. The lowest BCUT2D eigenvalue weighted by atomic mass is 9.98. The van der Waals surface area contributed by atoms with Gasteiger partial charge < -0.3 is 13.7 Å². The molecule has 11 rings (SSSR count). The van der Waals surface area contributed by atoms with Crippen molar-refractivity contribution in [1.29, 1.82) is 0 Å². The van der Waals surface area contributed by atoms with E-state index >= 15 is 0 Å². The van der Waals surface area contributed by atoms with Gasteiger partial charge in [-0.2, -0.15) is 0 Å². The Kier molecular flexibility index (Phi) is 7.78. The van der Waals surface area contributed by atoms with E-state index in [2.05, 4.69) is 169 Å². The van der Waals surface area contributed by atoms with E-state index in [0.29, 0.717) is 5.89 Å². The van der Waals surface area contributed by atoms with Gasteiger partial charge in [0.05, 0.1) is 5.39 Å². The molecule has 2 heterocycles. The number of fused-ring (bicyclic) bond motifs is 6. The van der Waals surface area contributed by atoms with Gasteiger partial charge in [-0.3, -0.25) is 0 Å². The van der Waals surface area contributed by atoms with E-state index in [0.717, 1.165) is 66.8 Å². The highest BCUT2D eigenvalue weighted by Gasteiger charge is 2.18. The summed E-state index contributed by atoms with van der Waals surface area (Å²) < 4.78 is 12.8. The average molecular weight is 731 g/mol. The quantitative estimate of drug-likeness (QED) is 0.164. The summed E-state index contributed by atoms with van der Waals surface area (Å²) in [5.41, 5.74) is 14.3. The SMILES string of the molecule is c1ccc(-c2ccc(N(c3ccc(-c4ccc5c(c4)oc4ccc6nc(-c7ccccc7)oc6c45)cc3)c3ccc(-c4cccc5ccccc45)cc3)cc2)cc1. The topological polar surface area (TPSA) is 42.4 Å². The van der Waals surface area contributed by atoms with Crippen LogP contribution in [0, 0.1) is 0 Å². The normalized spacial score (nSPS) is 11.5. The Balaban J connectivity index is 0.954. The molecule has 11 aromatic rings. The molecule has 0 amide bonds. The van der Waals surface area contributed by atoms with Crippen LogP contribution in [0.2, 0.25) is 0 Å². The van der Waals surface area contributed by atoms with Gasteiger partial charge >= 0.3 is 0 Å². The van der Waals surface area contributed by atoms with Crippen molar-refractivity contribution in [3.8, 4) is 44.8 Å². The number of rotatable bonds is 7. The number of aromatic nitrogens is 1. The van der Waals surface area contributed by atoms with E-state index in [1.54, 1.807) is 0 Å². The van der Waals surface area contributed by atoms with Crippen molar-refractivity contribution >= 4 is 60.9 Å². The zero-order valence-corrected chi connectivity index (χ0v) is 30.8. The molecular formula is C53H34N2O2. The van der Waals surface area contributed by atoms with Crippen LogP contribution in [-0.4, -0.2) is 4.98 Å². The number of oxazole rings is 1. The number of benzene rings is 9. The maximum absolute atomic E-state index is 6.43. The van der Waals surface area contributed by atoms with Crippen molar-refractivity contribution in [2.45, 2.75) is 0 Å². The molecule has 0 aliphatic rings. The van der Waals surface area contributed by atoms with E-state index in [1.165, 1.54) is 33.0 Å². The van der Waals surface area contributed by atoms with Crippen molar-refractivity contribution in [1.82, 2.24) is 4.98 Å². The van der Waals surface area contributed by atoms with Crippen LogP contribution in [0.3, 0.4) is 0 Å². The van der Waals surface area contributed by atoms with Gasteiger partial charge in [-0.15, -0.1) is 0 Å². The Morgan fingerprint density at radius 3 is 1.63 bits per heavy atom. The number of anilines is 3. The second kappa shape index (κ2) is 13.6. The van der Waals surface area contributed by atoms with Crippen molar-refractivity contribution in [3.05, 3.63) is 206 Å². The fourth-order valence-corrected chi connectivity index (χ4v) is 8.08. The van der Waals surface area contributed by atoms with Crippen LogP contribution in [0.25, 0.3) is 88.6 Å². The smallest absolute Gasteiger partial charge is 0.227 e. The molecule has 0 aliphatic carbocycles. The minimum atomic E-state index is 0.603. The molecule has 4 nitrogen and oxygen atoms in total. The van der Waals surface area contributed by atoms with Crippen LogP contribution in [0.4, 0.5) is 17.1 Å². The molecular weight excluding hydrogens is 697 g/mol. The highest BCUT2D eigenvalue weighted by molar-refractivity contribution is 6.16. The van der Waals surface area contributed by atoms with Crippen molar-refractivity contribution in [2.24, 2.45) is 0 Å². The molecule has 0 bridgehead atoms. The minimum absolute atomic E-state index is 0.603. The minimum Gasteiger partial charge on any atom is -0.456 e. The molecule has 4 heteroatoms. The van der Waals surface area contributed by atoms with E-state index in [1.807, 2.05) is 42.5 Å². The Morgan fingerprint density at radius 1 is 0.368 bits per heavy atom. The molecule has 0 radical (unpaired) electrons. The Morgan fingerprint density at radius 2 is 0.930 bits per heavy atom. The van der Waals surface area contributed by atoms with Gasteiger partial charge in [0.15, 0.2) is 5.58 Å². The first-order valence-electron chi connectivity index (χ1n) is 19.2. The van der Waals surface area contributed by atoms with Gasteiger partial charge in [-0.1, -0.05) is 133 Å². The van der Waals surface area contributed by atoms with Crippen molar-refractivity contribution in [2.75, 3.05) is 4.90 Å². The predicted octanol–water partition coefficient (Wildman–Crippen LogP) is 15.0. The molecule has 0 spiro atoms. The zero-order valence-electron chi connectivity index (χ0n) is 30.8. The molecule has 268 valence electrons. The van der Waals surface area contributed by atoms with E-state index in [9.17, 15) is 0 Å². The molecule has 0 saturated carbocycles. The molecule has 57 heavy (non-hydrogen) atoms. The number of hydrogen-bond acceptors (Lipinski definition) is 4. The first kappa shape index (κ1) is 32.7. The standard InChI is InChI=1S/C53H34N2O2/c1-3-10-35(11-4-1)36-18-25-42(26-19-36)55(44-29-22-39(23-30-44)46-17-9-15-38-12-7-8-16-45(38)46)43-27-20-37(21-28-43)41-24-31-47-50(34-41)56-49-33-32-48-52(51(47)49)57-53(54-48)40-13-5-2-6-14-40/h1-34H. The maximum atomic E-state index is 6.43. The summed E-state index contributed by atoms with van der Waals surface area (Å²) in [5.74, 6) is 0.603. The molecule has 0 saturated heterocycles. The van der Waals surface area contributed by atoms with Gasteiger partial charge in [0.25, 0.3) is 0 Å². The van der Waals surface area contributed by atoms with E-state index in [4.69, 9.17) is 13.8 Å². The predicted molar refractivity (Wildman–Crippen MR) is 235 cm³/mol. The summed E-state index contributed by atoms with van der Waals surface area (Å²) >= 11 is 0. The fraction of sp³-hybridized carbons (Fsp3) is 0. The monoisotopic (exact) mass is 730 g/mol. The molecule has 0 aliphatic heterocycles. The third kappa shape index (κ3) is 5.83. The van der Waals surface area contributed by atoms with Crippen LogP contribution in [-0.2, 0) is 0 Å². The third-order valence-corrected chi connectivity index (χ3v) is 10.9. The van der Waals surface area contributed by atoms with Crippen LogP contribution in [0.1, 0.15) is 0 Å². The molecule has 0 N–H and O–H groups in total. The molecule has 0 atom stereocenters. The van der Waals surface area contributed by atoms with Crippen LogP contribution in [0.15, 0.2) is 215 Å². The second-order valence-corrected chi connectivity index (χ2v) is 14.4. The Bertz CT molecular complexity index is 3200. The van der Waals surface area contributed by atoms with Gasteiger partial charge in [-0.25, -0.2) is 4.98 Å². The van der Waals surface area contributed by atoms with Crippen molar-refractivity contribution in [3.63, 3.8) is 0 Å². The fourth-order valence-electron chi connectivity index (χ4n) is 8.08. The largest absolute Gasteiger partial charge is 0.456 e. The lowest BCUT2D eigenvalue weighted by Crippen LogP contribution is -2.09. The molecule has 2 aromatic heterocycles. The van der Waals surface area contributed by atoms with Crippen LogP contribution >= 0.6 is 0 Å². The highest BCUT2D eigenvalue weighted by Crippen LogP contribution is 2.41. The summed E-state index contributed by atoms with van der Waals surface area (Å²) in [7, 11) is 0. The molecule has 0 fully saturated rings. The van der Waals surface area contributed by atoms with E-state index < -0.39 is 0 Å². The lowest BCUT2D eigenvalue weighted by molar-refractivity contribution is 0.622. The first-order chi connectivity index (χ1) is 28.2. The Hall–Kier alpha value is -7.69. The highest BCUT2D eigenvalue weighted by atomic mass is 16.4. The number of nitrogens with zero attached hydrogens (tertiary/aromatic N) is 2. The van der Waals surface area contributed by atoms with Gasteiger partial charge in [0, 0.05) is 28.0 Å². The van der Waals surface area contributed by atoms with Crippen LogP contribution < -0.4 is 4.90 Å². The van der Waals surface area contributed by atoms with Crippen molar-refractivity contribution < 1.29 is 8.83 Å². The number of hydrogen-bond donors (Lipinski definition) is 0. The maximum Gasteiger partial charge on any atom is 0.227 e. The summed E-state index contributed by atoms with van der Waals surface area (Å²) in [6.07, 6.45) is 0. The second-order valence-electron chi connectivity index (χ2n) is 14.4. The molecule has 0 unspecified atom stereocenters. The van der Waals surface area contributed by atoms with Gasteiger partial charge in [0.2, 0.25) is 5.89 Å². The van der Waals surface area contributed by atoms with E-state index in [-0.39, 0.29) is 0 Å². The van der Waals surface area contributed by atoms with Gasteiger partial charge in [-0.05, 0) is 117 Å². The summed E-state index contributed by atoms with van der Waals surface area (Å²) in [5, 5.41) is 4.44. The first-order valence-corrected chi connectivity index (χ1v) is 19.2. The summed E-state index contributed by atoms with van der Waals surface area (Å²) in [4.78, 5) is 7.11. The third-order valence-electron chi connectivity index (χ3n) is 10.9. The summed E-state index contributed by atoms with van der Waals surface area (Å²) in [6.45, 7) is 0. The molecule has 9 aromatic carbocycles. The Labute approximate surface area is 329 Å². The van der Waals surface area contributed by atoms with Gasteiger partial charge in [0.1, 0.15) is 16.7 Å². The number of furan rings is 1. The lowest BCUT2D eigenvalue weighted by Gasteiger charge is -2.26.